The van der Waals surface area contributed by atoms with Crippen molar-refractivity contribution in [2.45, 2.75) is 27.7 Å². The Bertz CT molecular complexity index is 1390. The number of benzene rings is 2. The van der Waals surface area contributed by atoms with Crippen molar-refractivity contribution in [1.29, 1.82) is 0 Å². The number of nitrogens with zero attached hydrogens (tertiary/aromatic N) is 5. The molecule has 0 saturated carbocycles. The van der Waals surface area contributed by atoms with Gasteiger partial charge in [0.05, 0.1) is 39.4 Å². The Kier molecular flexibility index (Phi) is 9.86. The molecular formula is C24H24Cl4N6O4. The number of carbonyl (C=O) groups is 2. The van der Waals surface area contributed by atoms with Gasteiger partial charge in [-0.3, -0.25) is 10.4 Å². The lowest BCUT2D eigenvalue weighted by Gasteiger charge is -2.30. The molecule has 2 aromatic carbocycles. The summed E-state index contributed by atoms with van der Waals surface area (Å²) in [4.78, 5) is 22.8. The van der Waals surface area contributed by atoms with E-state index < -0.39 is 11.9 Å². The fourth-order valence-corrected chi connectivity index (χ4v) is 4.51. The Morgan fingerprint density at radius 2 is 1.55 bits per heavy atom. The van der Waals surface area contributed by atoms with Gasteiger partial charge in [0, 0.05) is 16.6 Å². The van der Waals surface area contributed by atoms with Gasteiger partial charge in [0.15, 0.2) is 11.4 Å². The molecule has 1 aliphatic rings. The van der Waals surface area contributed by atoms with Gasteiger partial charge in [0.1, 0.15) is 0 Å². The molecule has 0 unspecified atom stereocenters. The van der Waals surface area contributed by atoms with Crippen LogP contribution in [0.2, 0.25) is 20.1 Å². The lowest BCUT2D eigenvalue weighted by Crippen LogP contribution is -2.43. The van der Waals surface area contributed by atoms with Crippen LogP contribution in [0.3, 0.4) is 0 Å². The summed E-state index contributed by atoms with van der Waals surface area (Å²) in [5.74, 6) is -1.51. The number of carbonyl (C=O) groups excluding carboxylic acids is 1. The van der Waals surface area contributed by atoms with Crippen LogP contribution in [0.4, 0.5) is 5.69 Å². The number of halogens is 4. The fourth-order valence-electron chi connectivity index (χ4n) is 3.53. The predicted octanol–water partition coefficient (Wildman–Crippen LogP) is 5.93. The highest BCUT2D eigenvalue weighted by Gasteiger charge is 2.31. The van der Waals surface area contributed by atoms with E-state index in [9.17, 15) is 9.59 Å². The topological polar surface area (TPSA) is 113 Å². The van der Waals surface area contributed by atoms with Crippen LogP contribution in [0.1, 0.15) is 37.0 Å². The predicted molar refractivity (Wildman–Crippen MR) is 147 cm³/mol. The SMILES string of the molecule is CCN1NC(C(=O)O)=C(C)N1c1ccc(Cl)cc1Cl.CCOC(=O)c1nnn(-c2ccc(Cl)cc2Cl)c1C. The van der Waals surface area contributed by atoms with Crippen molar-refractivity contribution in [1.82, 2.24) is 25.5 Å². The second-order valence-electron chi connectivity index (χ2n) is 7.75. The highest BCUT2D eigenvalue weighted by molar-refractivity contribution is 6.36. The Morgan fingerprint density at radius 1 is 0.974 bits per heavy atom. The number of anilines is 1. The van der Waals surface area contributed by atoms with E-state index >= 15 is 0 Å². The molecule has 1 aromatic heterocycles. The molecule has 0 fully saturated rings. The molecule has 1 aliphatic heterocycles. The number of nitrogens with one attached hydrogen (secondary N) is 1. The van der Waals surface area contributed by atoms with Crippen molar-refractivity contribution in [2.75, 3.05) is 18.2 Å². The van der Waals surface area contributed by atoms with Crippen LogP contribution in [0.25, 0.3) is 5.69 Å². The van der Waals surface area contributed by atoms with Crippen LogP contribution in [0, 0.1) is 6.92 Å². The molecule has 38 heavy (non-hydrogen) atoms. The lowest BCUT2D eigenvalue weighted by atomic mass is 10.2. The molecule has 0 saturated heterocycles. The number of carboxylic acids is 1. The summed E-state index contributed by atoms with van der Waals surface area (Å²) in [7, 11) is 0. The van der Waals surface area contributed by atoms with Crippen molar-refractivity contribution in [2.24, 2.45) is 0 Å². The maximum absolute atomic E-state index is 11.7. The van der Waals surface area contributed by atoms with Crippen molar-refractivity contribution in [3.05, 3.63) is 79.3 Å². The summed E-state index contributed by atoms with van der Waals surface area (Å²) >= 11 is 24.0. The maximum Gasteiger partial charge on any atom is 0.360 e. The number of hydrogen-bond donors (Lipinski definition) is 2. The van der Waals surface area contributed by atoms with E-state index in [4.69, 9.17) is 56.2 Å². The number of aliphatic carboxylic acids is 1. The molecule has 2 N–H and O–H groups in total. The average molecular weight is 602 g/mol. The molecule has 3 aromatic rings. The number of ether oxygens (including phenoxy) is 1. The summed E-state index contributed by atoms with van der Waals surface area (Å²) in [6.07, 6.45) is 0. The van der Waals surface area contributed by atoms with Crippen molar-refractivity contribution < 1.29 is 19.4 Å². The minimum absolute atomic E-state index is 0.132. The third-order valence-corrected chi connectivity index (χ3v) is 6.39. The molecule has 0 atom stereocenters. The molecule has 4 rings (SSSR count). The Hall–Kier alpha value is -3.02. The second kappa shape index (κ2) is 12.7. The van der Waals surface area contributed by atoms with E-state index in [2.05, 4.69) is 15.7 Å². The molecule has 0 amide bonds. The van der Waals surface area contributed by atoms with Gasteiger partial charge < -0.3 is 9.84 Å². The largest absolute Gasteiger partial charge is 0.476 e. The molecule has 10 nitrogen and oxygen atoms in total. The lowest BCUT2D eigenvalue weighted by molar-refractivity contribution is -0.133. The molecule has 14 heteroatoms. The van der Waals surface area contributed by atoms with Crippen LogP contribution in [0.5, 0.6) is 0 Å². The smallest absolute Gasteiger partial charge is 0.360 e. The summed E-state index contributed by atoms with van der Waals surface area (Å²) in [5.41, 5.74) is 5.54. The van der Waals surface area contributed by atoms with Gasteiger partial charge in [-0.1, -0.05) is 51.6 Å². The number of hydrazine groups is 2. The van der Waals surface area contributed by atoms with Gasteiger partial charge in [-0.05, 0) is 64.1 Å². The van der Waals surface area contributed by atoms with Crippen LogP contribution >= 0.6 is 46.4 Å². The first kappa shape index (κ1) is 29.5. The Morgan fingerprint density at radius 3 is 2.05 bits per heavy atom. The Labute approximate surface area is 239 Å². The number of rotatable bonds is 6. The fraction of sp³-hybridized carbons (Fsp3) is 0.250. The standard InChI is InChI=1S/C12H11Cl2N3O2.C12H13Cl2N3O2/c1-3-19-12(18)11-7(2)17(16-15-11)10-5-4-8(13)6-9(10)14;1-3-16-15-11(12(18)19)7(2)17(16)10-5-4-8(13)6-9(10)14/h4-6H,3H2,1-2H3;4-6,15H,3H2,1-2H3,(H,18,19). The summed E-state index contributed by atoms with van der Waals surface area (Å²) in [6, 6.07) is 10.1. The number of aromatic nitrogens is 3. The van der Waals surface area contributed by atoms with E-state index in [1.54, 1.807) is 67.3 Å². The normalized spacial score (nSPS) is 13.2. The molecular weight excluding hydrogens is 578 g/mol. The zero-order valence-corrected chi connectivity index (χ0v) is 23.8. The third-order valence-electron chi connectivity index (χ3n) is 5.31. The van der Waals surface area contributed by atoms with Crippen LogP contribution in [0.15, 0.2) is 47.8 Å². The molecule has 2 heterocycles. The number of carboxylic acid groups (broad SMARTS) is 1. The van der Waals surface area contributed by atoms with Crippen molar-refractivity contribution in [3.63, 3.8) is 0 Å². The van der Waals surface area contributed by atoms with Crippen molar-refractivity contribution >= 4 is 64.0 Å². The first-order chi connectivity index (χ1) is 18.0. The zero-order chi connectivity index (χ0) is 28.1. The van der Waals surface area contributed by atoms with E-state index in [-0.39, 0.29) is 18.0 Å². The third kappa shape index (κ3) is 6.33. The van der Waals surface area contributed by atoms with E-state index in [0.29, 0.717) is 49.4 Å². The zero-order valence-electron chi connectivity index (χ0n) is 20.8. The molecule has 0 radical (unpaired) electrons. The van der Waals surface area contributed by atoms with Gasteiger partial charge >= 0.3 is 11.9 Å². The monoisotopic (exact) mass is 600 g/mol. The summed E-state index contributed by atoms with van der Waals surface area (Å²) < 4.78 is 6.38. The van der Waals surface area contributed by atoms with E-state index in [1.165, 1.54) is 4.68 Å². The van der Waals surface area contributed by atoms with Crippen LogP contribution < -0.4 is 10.4 Å². The highest BCUT2D eigenvalue weighted by Crippen LogP contribution is 2.34. The van der Waals surface area contributed by atoms with Gasteiger partial charge in [-0.2, -0.15) is 0 Å². The van der Waals surface area contributed by atoms with Gasteiger partial charge in [-0.15, -0.1) is 10.2 Å². The summed E-state index contributed by atoms with van der Waals surface area (Å²) in [5, 5.41) is 22.2. The average Bonchev–Trinajstić information content (AvgIpc) is 3.39. The van der Waals surface area contributed by atoms with Crippen molar-refractivity contribution in [3.8, 4) is 5.69 Å². The van der Waals surface area contributed by atoms with Gasteiger partial charge in [0.25, 0.3) is 0 Å². The van der Waals surface area contributed by atoms with Gasteiger partial charge in [-0.25, -0.2) is 14.3 Å². The van der Waals surface area contributed by atoms with E-state index in [1.807, 2.05) is 6.92 Å². The minimum Gasteiger partial charge on any atom is -0.476 e. The van der Waals surface area contributed by atoms with Gasteiger partial charge in [0.2, 0.25) is 0 Å². The maximum atomic E-state index is 11.7. The molecule has 202 valence electrons. The highest BCUT2D eigenvalue weighted by atomic mass is 35.5. The number of esters is 1. The first-order valence-corrected chi connectivity index (χ1v) is 12.8. The quantitative estimate of drug-likeness (QED) is 0.332. The summed E-state index contributed by atoms with van der Waals surface area (Å²) in [6.45, 7) is 7.93. The molecule has 0 spiro atoms. The number of allylic oxidation sites excluding steroid dienone is 1. The number of hydrogen-bond acceptors (Lipinski definition) is 8. The Balaban J connectivity index is 0.000000211. The van der Waals surface area contributed by atoms with Crippen LogP contribution in [-0.2, 0) is 9.53 Å². The molecule has 0 aliphatic carbocycles. The molecule has 0 bridgehead atoms. The van der Waals surface area contributed by atoms with Crippen LogP contribution in [-0.4, -0.2) is 50.3 Å². The van der Waals surface area contributed by atoms with E-state index in [0.717, 1.165) is 0 Å². The first-order valence-electron chi connectivity index (χ1n) is 11.3. The second-order valence-corrected chi connectivity index (χ2v) is 9.44. The minimum atomic E-state index is -1.01.